The molecule has 0 aromatic heterocycles. The van der Waals surface area contributed by atoms with Crippen molar-refractivity contribution in [2.45, 2.75) is 31.7 Å². The molecule has 2 fully saturated rings. The van der Waals surface area contributed by atoms with E-state index in [0.29, 0.717) is 0 Å². The van der Waals surface area contributed by atoms with Crippen molar-refractivity contribution < 1.29 is 4.79 Å². The summed E-state index contributed by atoms with van der Waals surface area (Å²) in [6, 6.07) is -0.204. The van der Waals surface area contributed by atoms with Crippen LogP contribution in [-0.2, 0) is 4.79 Å². The van der Waals surface area contributed by atoms with Gasteiger partial charge in [-0.05, 0) is 25.2 Å². The summed E-state index contributed by atoms with van der Waals surface area (Å²) in [6.45, 7) is 1.85. The van der Waals surface area contributed by atoms with Gasteiger partial charge < -0.3 is 10.6 Å². The van der Waals surface area contributed by atoms with Gasteiger partial charge >= 0.3 is 0 Å². The van der Waals surface area contributed by atoms with Crippen LogP contribution >= 0.6 is 0 Å². The molecular weight excluding hydrogens is 152 g/mol. The smallest absolute Gasteiger partial charge is 0.239 e. The fourth-order valence-corrected chi connectivity index (χ4v) is 1.93. The highest BCUT2D eigenvalue weighted by Gasteiger charge is 2.31. The van der Waals surface area contributed by atoms with Gasteiger partial charge in [-0.2, -0.15) is 0 Å². The number of hydrogen-bond acceptors (Lipinski definition) is 2. The number of hydrogen-bond donors (Lipinski definition) is 1. The lowest BCUT2D eigenvalue weighted by Crippen LogP contribution is -2.38. The Morgan fingerprint density at radius 3 is 2.58 bits per heavy atom. The molecular formula is C9H16N2O. The van der Waals surface area contributed by atoms with Crippen LogP contribution in [0.15, 0.2) is 0 Å². The second-order valence-electron chi connectivity index (χ2n) is 3.98. The van der Waals surface area contributed by atoms with Crippen LogP contribution in [-0.4, -0.2) is 29.9 Å². The molecule has 1 aliphatic carbocycles. The third kappa shape index (κ3) is 1.33. The number of carbonyl (C=O) groups excluding carboxylic acids is 1. The third-order valence-electron chi connectivity index (χ3n) is 3.04. The maximum Gasteiger partial charge on any atom is 0.239 e. The maximum atomic E-state index is 11.4. The van der Waals surface area contributed by atoms with Gasteiger partial charge in [0.15, 0.2) is 0 Å². The molecule has 0 spiro atoms. The first-order chi connectivity index (χ1) is 5.77. The summed E-state index contributed by atoms with van der Waals surface area (Å²) in [5, 5.41) is 0. The molecule has 1 heterocycles. The molecule has 68 valence electrons. The number of carbonyl (C=O) groups is 1. The highest BCUT2D eigenvalue weighted by atomic mass is 16.2. The van der Waals surface area contributed by atoms with Gasteiger partial charge in [-0.1, -0.05) is 6.42 Å². The van der Waals surface area contributed by atoms with Gasteiger partial charge in [-0.25, -0.2) is 0 Å². The minimum atomic E-state index is -0.204. The third-order valence-corrected chi connectivity index (χ3v) is 3.04. The summed E-state index contributed by atoms with van der Waals surface area (Å²) in [4.78, 5) is 13.3. The molecule has 2 N–H and O–H groups in total. The summed E-state index contributed by atoms with van der Waals surface area (Å²) >= 11 is 0. The SMILES string of the molecule is NC1CCN(CC2CCC2)C1=O. The highest BCUT2D eigenvalue weighted by Crippen LogP contribution is 2.28. The standard InChI is InChI=1S/C9H16N2O/c10-8-4-5-11(9(8)12)6-7-2-1-3-7/h7-8H,1-6,10H2. The highest BCUT2D eigenvalue weighted by molar-refractivity contribution is 5.83. The number of likely N-dealkylation sites (tertiary alicyclic amines) is 1. The lowest BCUT2D eigenvalue weighted by Gasteiger charge is -2.29. The monoisotopic (exact) mass is 168 g/mol. The first-order valence-electron chi connectivity index (χ1n) is 4.82. The van der Waals surface area contributed by atoms with Gasteiger partial charge in [-0.3, -0.25) is 4.79 Å². The van der Waals surface area contributed by atoms with Crippen molar-refractivity contribution in [3.8, 4) is 0 Å². The maximum absolute atomic E-state index is 11.4. The summed E-state index contributed by atoms with van der Waals surface area (Å²) < 4.78 is 0. The lowest BCUT2D eigenvalue weighted by molar-refractivity contribution is -0.129. The molecule has 1 saturated heterocycles. The zero-order valence-corrected chi connectivity index (χ0v) is 7.33. The Kier molecular flexibility index (Phi) is 2.05. The molecule has 3 heteroatoms. The number of rotatable bonds is 2. The van der Waals surface area contributed by atoms with Gasteiger partial charge in [0.2, 0.25) is 5.91 Å². The number of amides is 1. The van der Waals surface area contributed by atoms with E-state index in [2.05, 4.69) is 0 Å². The van der Waals surface area contributed by atoms with E-state index in [4.69, 9.17) is 5.73 Å². The Morgan fingerprint density at radius 2 is 2.17 bits per heavy atom. The van der Waals surface area contributed by atoms with Gasteiger partial charge in [0.25, 0.3) is 0 Å². The first kappa shape index (κ1) is 8.05. The van der Waals surface area contributed by atoms with Crippen LogP contribution < -0.4 is 5.73 Å². The van der Waals surface area contributed by atoms with E-state index in [9.17, 15) is 4.79 Å². The predicted molar refractivity (Wildman–Crippen MR) is 46.5 cm³/mol. The number of nitrogens with two attached hydrogens (primary N) is 1. The van der Waals surface area contributed by atoms with E-state index in [0.717, 1.165) is 25.4 Å². The Hall–Kier alpha value is -0.570. The van der Waals surface area contributed by atoms with E-state index < -0.39 is 0 Å². The van der Waals surface area contributed by atoms with Crippen LogP contribution in [0.5, 0.6) is 0 Å². The minimum absolute atomic E-state index is 0.168. The van der Waals surface area contributed by atoms with Crippen molar-refractivity contribution >= 4 is 5.91 Å². The van der Waals surface area contributed by atoms with Crippen molar-refractivity contribution in [1.82, 2.24) is 4.90 Å². The van der Waals surface area contributed by atoms with Crippen LogP contribution in [0.1, 0.15) is 25.7 Å². The van der Waals surface area contributed by atoms with Crippen LogP contribution in [0.3, 0.4) is 0 Å². The van der Waals surface area contributed by atoms with Gasteiger partial charge in [0, 0.05) is 13.1 Å². The average Bonchev–Trinajstić information content (AvgIpc) is 2.27. The molecule has 1 saturated carbocycles. The second kappa shape index (κ2) is 3.05. The molecule has 3 nitrogen and oxygen atoms in total. The van der Waals surface area contributed by atoms with Gasteiger partial charge in [0.1, 0.15) is 0 Å². The largest absolute Gasteiger partial charge is 0.341 e. The average molecular weight is 168 g/mol. The first-order valence-corrected chi connectivity index (χ1v) is 4.82. The predicted octanol–water partition coefficient (Wildman–Crippen LogP) is 0.346. The molecule has 1 aliphatic heterocycles. The van der Waals surface area contributed by atoms with Gasteiger partial charge in [-0.15, -0.1) is 0 Å². The second-order valence-corrected chi connectivity index (χ2v) is 3.98. The summed E-state index contributed by atoms with van der Waals surface area (Å²) in [5.74, 6) is 0.946. The Balaban J connectivity index is 1.83. The van der Waals surface area contributed by atoms with E-state index in [1.54, 1.807) is 0 Å². The molecule has 0 aromatic rings. The molecule has 0 radical (unpaired) electrons. The molecule has 1 atom stereocenters. The quantitative estimate of drug-likeness (QED) is 0.646. The van der Waals surface area contributed by atoms with Crippen molar-refractivity contribution in [3.05, 3.63) is 0 Å². The zero-order chi connectivity index (χ0) is 8.55. The van der Waals surface area contributed by atoms with E-state index in [1.807, 2.05) is 4.90 Å². The Labute approximate surface area is 72.9 Å². The van der Waals surface area contributed by atoms with Crippen molar-refractivity contribution in [2.75, 3.05) is 13.1 Å². The van der Waals surface area contributed by atoms with E-state index in [-0.39, 0.29) is 11.9 Å². The van der Waals surface area contributed by atoms with E-state index >= 15 is 0 Å². The molecule has 0 aromatic carbocycles. The van der Waals surface area contributed by atoms with Crippen LogP contribution in [0.4, 0.5) is 0 Å². The van der Waals surface area contributed by atoms with Gasteiger partial charge in [0.05, 0.1) is 6.04 Å². The van der Waals surface area contributed by atoms with Crippen LogP contribution in [0.25, 0.3) is 0 Å². The normalized spacial score (nSPS) is 30.9. The number of nitrogens with zero attached hydrogens (tertiary/aromatic N) is 1. The molecule has 1 unspecified atom stereocenters. The Morgan fingerprint density at radius 1 is 1.42 bits per heavy atom. The van der Waals surface area contributed by atoms with E-state index in [1.165, 1.54) is 19.3 Å². The van der Waals surface area contributed by atoms with Crippen molar-refractivity contribution in [3.63, 3.8) is 0 Å². The fourth-order valence-electron chi connectivity index (χ4n) is 1.93. The molecule has 0 bridgehead atoms. The van der Waals surface area contributed by atoms with Crippen molar-refractivity contribution in [1.29, 1.82) is 0 Å². The molecule has 12 heavy (non-hydrogen) atoms. The summed E-state index contributed by atoms with van der Waals surface area (Å²) in [5.41, 5.74) is 5.61. The fraction of sp³-hybridized carbons (Fsp3) is 0.889. The Bertz CT molecular complexity index is 189. The molecule has 2 rings (SSSR count). The molecule has 1 amide bonds. The topological polar surface area (TPSA) is 46.3 Å². The molecule has 2 aliphatic rings. The van der Waals surface area contributed by atoms with Crippen molar-refractivity contribution in [2.24, 2.45) is 11.7 Å². The van der Waals surface area contributed by atoms with Crippen LogP contribution in [0, 0.1) is 5.92 Å². The van der Waals surface area contributed by atoms with Crippen LogP contribution in [0.2, 0.25) is 0 Å². The lowest BCUT2D eigenvalue weighted by atomic mass is 9.85. The zero-order valence-electron chi connectivity index (χ0n) is 7.33. The minimum Gasteiger partial charge on any atom is -0.341 e. The summed E-state index contributed by atoms with van der Waals surface area (Å²) in [6.07, 6.45) is 4.81. The summed E-state index contributed by atoms with van der Waals surface area (Å²) in [7, 11) is 0.